The van der Waals surface area contributed by atoms with Crippen LogP contribution in [-0.4, -0.2) is 73.4 Å². The number of carbonyl (C=O) groups is 5. The summed E-state index contributed by atoms with van der Waals surface area (Å²) in [6.45, 7) is 0.759. The highest BCUT2D eigenvalue weighted by molar-refractivity contribution is 6.24. The zero-order chi connectivity index (χ0) is 26.4. The van der Waals surface area contributed by atoms with Gasteiger partial charge in [-0.1, -0.05) is 6.07 Å². The van der Waals surface area contributed by atoms with Gasteiger partial charge in [0.15, 0.2) is 6.61 Å². The molecule has 5 amide bonds. The zero-order valence-corrected chi connectivity index (χ0v) is 19.9. The predicted octanol–water partition coefficient (Wildman–Crippen LogP) is 0.261. The lowest BCUT2D eigenvalue weighted by atomic mass is 10.0. The third-order valence-electron chi connectivity index (χ3n) is 5.73. The Kier molecular flexibility index (Phi) is 7.98. The first kappa shape index (κ1) is 25.6. The van der Waals surface area contributed by atoms with Crippen LogP contribution >= 0.6 is 0 Å². The monoisotopic (exact) mass is 510 g/mol. The molecule has 1 atom stereocenters. The second kappa shape index (κ2) is 11.5. The number of benzene rings is 2. The number of ether oxygens (including phenoxy) is 3. The Balaban J connectivity index is 1.21. The molecule has 12 nitrogen and oxygen atoms in total. The molecule has 2 heterocycles. The number of hydrogen-bond acceptors (Lipinski definition) is 9. The number of piperidine rings is 1. The van der Waals surface area contributed by atoms with E-state index in [1.54, 1.807) is 24.3 Å². The van der Waals surface area contributed by atoms with Gasteiger partial charge in [-0.15, -0.1) is 0 Å². The molecule has 0 aromatic heterocycles. The fourth-order valence-electron chi connectivity index (χ4n) is 3.95. The van der Waals surface area contributed by atoms with Gasteiger partial charge < -0.3 is 25.3 Å². The molecule has 0 aliphatic carbocycles. The first-order valence-electron chi connectivity index (χ1n) is 11.7. The lowest BCUT2D eigenvalue weighted by Crippen LogP contribution is -2.54. The van der Waals surface area contributed by atoms with Crippen molar-refractivity contribution in [1.29, 1.82) is 0 Å². The maximum absolute atomic E-state index is 13.0. The molecule has 0 radical (unpaired) electrons. The second-order valence-corrected chi connectivity index (χ2v) is 8.29. The van der Waals surface area contributed by atoms with Gasteiger partial charge in [0, 0.05) is 18.7 Å². The van der Waals surface area contributed by atoms with Crippen LogP contribution in [-0.2, 0) is 19.1 Å². The summed E-state index contributed by atoms with van der Waals surface area (Å²) in [6.07, 6.45) is 0.0664. The van der Waals surface area contributed by atoms with Crippen LogP contribution in [0.2, 0.25) is 0 Å². The number of amides is 5. The standard InChI is InChI=1S/C25H26N4O8/c26-15-4-6-16(7-5-15)36-13-12-35-11-10-27-21(31)14-37-19-3-1-2-17-22(19)25(34)29(24(17)33)18-8-9-20(30)28-23(18)32/h1-7,18H,8-14,26H2,(H,27,31)(H,28,30,32). The van der Waals surface area contributed by atoms with E-state index in [-0.39, 0.29) is 42.9 Å². The van der Waals surface area contributed by atoms with E-state index in [0.717, 1.165) is 4.90 Å². The highest BCUT2D eigenvalue weighted by Gasteiger charge is 2.46. The van der Waals surface area contributed by atoms with Crippen LogP contribution in [0.5, 0.6) is 11.5 Å². The SMILES string of the molecule is Nc1ccc(OCCOCCNC(=O)COc2cccc3c2C(=O)N(C2CCC(=O)NC2=O)C3=O)cc1. The molecule has 0 saturated carbocycles. The number of hydrogen-bond donors (Lipinski definition) is 3. The quantitative estimate of drug-likeness (QED) is 0.218. The number of anilines is 1. The summed E-state index contributed by atoms with van der Waals surface area (Å²) in [5.41, 5.74) is 6.32. The van der Waals surface area contributed by atoms with Gasteiger partial charge in [0.2, 0.25) is 11.8 Å². The van der Waals surface area contributed by atoms with Gasteiger partial charge in [0.25, 0.3) is 17.7 Å². The van der Waals surface area contributed by atoms with Crippen LogP contribution in [0.4, 0.5) is 5.69 Å². The van der Waals surface area contributed by atoms with Gasteiger partial charge in [-0.05, 0) is 42.8 Å². The average molecular weight is 511 g/mol. The third-order valence-corrected chi connectivity index (χ3v) is 5.73. The molecule has 4 N–H and O–H groups in total. The number of nitrogens with zero attached hydrogens (tertiary/aromatic N) is 1. The minimum atomic E-state index is -1.09. The van der Waals surface area contributed by atoms with Gasteiger partial charge in [-0.25, -0.2) is 0 Å². The van der Waals surface area contributed by atoms with Crippen LogP contribution in [0.15, 0.2) is 42.5 Å². The normalized spacial score (nSPS) is 16.9. The smallest absolute Gasteiger partial charge is 0.266 e. The molecule has 194 valence electrons. The topological polar surface area (TPSA) is 166 Å². The van der Waals surface area contributed by atoms with Gasteiger partial charge in [-0.2, -0.15) is 0 Å². The van der Waals surface area contributed by atoms with Crippen molar-refractivity contribution in [3.63, 3.8) is 0 Å². The fourth-order valence-corrected chi connectivity index (χ4v) is 3.95. The molecule has 2 aromatic carbocycles. The molecule has 4 rings (SSSR count). The van der Waals surface area contributed by atoms with Crippen LogP contribution in [0.3, 0.4) is 0 Å². The van der Waals surface area contributed by atoms with Crippen molar-refractivity contribution in [1.82, 2.24) is 15.5 Å². The van der Waals surface area contributed by atoms with Crippen LogP contribution in [0, 0.1) is 0 Å². The van der Waals surface area contributed by atoms with Crippen molar-refractivity contribution in [3.05, 3.63) is 53.6 Å². The third kappa shape index (κ3) is 6.04. The zero-order valence-electron chi connectivity index (χ0n) is 19.9. The summed E-state index contributed by atoms with van der Waals surface area (Å²) in [5.74, 6) is -2.23. The first-order chi connectivity index (χ1) is 17.8. The first-order valence-corrected chi connectivity index (χ1v) is 11.7. The van der Waals surface area contributed by atoms with E-state index in [1.165, 1.54) is 18.2 Å². The lowest BCUT2D eigenvalue weighted by Gasteiger charge is -2.27. The van der Waals surface area contributed by atoms with Gasteiger partial charge in [0.1, 0.15) is 24.1 Å². The summed E-state index contributed by atoms with van der Waals surface area (Å²) < 4.78 is 16.4. The van der Waals surface area contributed by atoms with Gasteiger partial charge in [-0.3, -0.25) is 34.2 Å². The second-order valence-electron chi connectivity index (χ2n) is 8.29. The van der Waals surface area contributed by atoms with Crippen LogP contribution in [0.1, 0.15) is 33.6 Å². The Morgan fingerprint density at radius 3 is 2.54 bits per heavy atom. The molecular weight excluding hydrogens is 484 g/mol. The highest BCUT2D eigenvalue weighted by Crippen LogP contribution is 2.33. The van der Waals surface area contributed by atoms with Crippen molar-refractivity contribution in [2.45, 2.75) is 18.9 Å². The molecule has 2 aliphatic heterocycles. The van der Waals surface area contributed by atoms with E-state index in [1.807, 2.05) is 0 Å². The van der Waals surface area contributed by atoms with Crippen molar-refractivity contribution < 1.29 is 38.2 Å². The van der Waals surface area contributed by atoms with Crippen molar-refractivity contribution in [2.24, 2.45) is 0 Å². The Hall–Kier alpha value is -4.45. The minimum absolute atomic E-state index is 0.0190. The number of nitrogens with one attached hydrogen (secondary N) is 2. The van der Waals surface area contributed by atoms with E-state index in [4.69, 9.17) is 19.9 Å². The summed E-state index contributed by atoms with van der Waals surface area (Å²) in [7, 11) is 0. The molecule has 0 spiro atoms. The van der Waals surface area contributed by atoms with E-state index in [0.29, 0.717) is 24.7 Å². The van der Waals surface area contributed by atoms with E-state index in [2.05, 4.69) is 10.6 Å². The summed E-state index contributed by atoms with van der Waals surface area (Å²) in [5, 5.41) is 4.78. The number of nitrogens with two attached hydrogens (primary N) is 1. The van der Waals surface area contributed by atoms with E-state index < -0.39 is 42.2 Å². The van der Waals surface area contributed by atoms with Gasteiger partial charge >= 0.3 is 0 Å². The fraction of sp³-hybridized carbons (Fsp3) is 0.320. The summed E-state index contributed by atoms with van der Waals surface area (Å²) in [4.78, 5) is 62.5. The predicted molar refractivity (Wildman–Crippen MR) is 129 cm³/mol. The molecule has 2 aliphatic rings. The number of nitrogen functional groups attached to an aromatic ring is 1. The Labute approximate surface area is 212 Å². The molecule has 2 aromatic rings. The molecule has 37 heavy (non-hydrogen) atoms. The Morgan fingerprint density at radius 1 is 1.00 bits per heavy atom. The number of carbonyl (C=O) groups excluding carboxylic acids is 5. The summed E-state index contributed by atoms with van der Waals surface area (Å²) >= 11 is 0. The Morgan fingerprint density at radius 2 is 1.78 bits per heavy atom. The average Bonchev–Trinajstić information content (AvgIpc) is 3.13. The van der Waals surface area contributed by atoms with E-state index in [9.17, 15) is 24.0 Å². The van der Waals surface area contributed by atoms with Crippen molar-refractivity contribution in [3.8, 4) is 11.5 Å². The molecule has 12 heteroatoms. The minimum Gasteiger partial charge on any atom is -0.491 e. The number of fused-ring (bicyclic) bond motifs is 1. The van der Waals surface area contributed by atoms with Crippen molar-refractivity contribution >= 4 is 35.2 Å². The van der Waals surface area contributed by atoms with E-state index >= 15 is 0 Å². The number of rotatable bonds is 11. The van der Waals surface area contributed by atoms with Crippen molar-refractivity contribution in [2.75, 3.05) is 38.7 Å². The molecule has 1 saturated heterocycles. The maximum Gasteiger partial charge on any atom is 0.266 e. The number of imide groups is 2. The maximum atomic E-state index is 13.0. The largest absolute Gasteiger partial charge is 0.491 e. The van der Waals surface area contributed by atoms with Crippen LogP contribution in [0.25, 0.3) is 0 Å². The lowest BCUT2D eigenvalue weighted by molar-refractivity contribution is -0.136. The van der Waals surface area contributed by atoms with Gasteiger partial charge in [0.05, 0.1) is 24.3 Å². The Bertz CT molecular complexity index is 1210. The summed E-state index contributed by atoms with van der Waals surface area (Å²) in [6, 6.07) is 10.3. The highest BCUT2D eigenvalue weighted by atomic mass is 16.5. The molecular formula is C25H26N4O8. The molecule has 1 unspecified atom stereocenters. The molecule has 0 bridgehead atoms. The molecule has 1 fully saturated rings. The van der Waals surface area contributed by atoms with Crippen LogP contribution < -0.4 is 25.8 Å².